The molecule has 0 radical (unpaired) electrons. The van der Waals surface area contributed by atoms with Crippen LogP contribution in [0, 0.1) is 0 Å². The lowest BCUT2D eigenvalue weighted by molar-refractivity contribution is 0.213. The Morgan fingerprint density at radius 2 is 0.567 bits per heavy atom. The van der Waals surface area contributed by atoms with E-state index < -0.39 is 0 Å². The molecule has 30 heavy (non-hydrogen) atoms. The molecule has 6 nitrogen and oxygen atoms in total. The molecule has 0 unspecified atom stereocenters. The lowest BCUT2D eigenvalue weighted by atomic mass is 10.3. The van der Waals surface area contributed by atoms with Gasteiger partial charge in [-0.25, -0.2) is 0 Å². The normalized spacial score (nSPS) is 10.2. The maximum atomic E-state index is 5.69. The van der Waals surface area contributed by atoms with Gasteiger partial charge in [0.1, 0.15) is 60.9 Å². The highest BCUT2D eigenvalue weighted by molar-refractivity contribution is 5.33. The number of ether oxygens (including phenoxy) is 6. The third-order valence-corrected chi connectivity index (χ3v) is 4.18. The van der Waals surface area contributed by atoms with Crippen LogP contribution in [0.15, 0.2) is 72.8 Å². The molecule has 3 aromatic rings. The van der Waals surface area contributed by atoms with Crippen LogP contribution >= 0.6 is 0 Å². The van der Waals surface area contributed by atoms with E-state index in [0.29, 0.717) is 26.4 Å². The van der Waals surface area contributed by atoms with E-state index in [4.69, 9.17) is 28.4 Å². The van der Waals surface area contributed by atoms with Crippen LogP contribution in [-0.4, -0.2) is 40.6 Å². The highest BCUT2D eigenvalue weighted by Gasteiger charge is 2.00. The Bertz CT molecular complexity index is 785. The summed E-state index contributed by atoms with van der Waals surface area (Å²) in [6, 6.07) is 22.4. The quantitative estimate of drug-likeness (QED) is 0.406. The molecule has 0 atom stereocenters. The molecular weight excluding hydrogens is 384 g/mol. The summed E-state index contributed by atoms with van der Waals surface area (Å²) in [5.74, 6) is 4.67. The number of rotatable bonds is 12. The van der Waals surface area contributed by atoms with Gasteiger partial charge in [-0.2, -0.15) is 0 Å². The van der Waals surface area contributed by atoms with Crippen LogP contribution in [0.2, 0.25) is 0 Å². The summed E-state index contributed by atoms with van der Waals surface area (Å²) >= 11 is 0. The minimum atomic E-state index is 0.446. The fourth-order valence-electron chi connectivity index (χ4n) is 2.61. The van der Waals surface area contributed by atoms with Gasteiger partial charge in [0.05, 0.1) is 14.2 Å². The molecule has 0 heterocycles. The second kappa shape index (κ2) is 11.5. The zero-order valence-corrected chi connectivity index (χ0v) is 17.2. The Morgan fingerprint density at radius 3 is 0.767 bits per heavy atom. The number of hydrogen-bond donors (Lipinski definition) is 0. The van der Waals surface area contributed by atoms with E-state index >= 15 is 0 Å². The van der Waals surface area contributed by atoms with Crippen molar-refractivity contribution in [2.24, 2.45) is 0 Å². The van der Waals surface area contributed by atoms with Crippen molar-refractivity contribution in [2.75, 3.05) is 40.6 Å². The van der Waals surface area contributed by atoms with E-state index in [1.54, 1.807) is 14.2 Å². The van der Waals surface area contributed by atoms with E-state index in [9.17, 15) is 0 Å². The first-order valence-corrected chi connectivity index (χ1v) is 9.66. The summed E-state index contributed by atoms with van der Waals surface area (Å²) in [5.41, 5.74) is 0. The van der Waals surface area contributed by atoms with Crippen LogP contribution in [-0.2, 0) is 0 Å². The maximum absolute atomic E-state index is 5.69. The highest BCUT2D eigenvalue weighted by Crippen LogP contribution is 2.20. The van der Waals surface area contributed by atoms with Crippen LogP contribution in [0.4, 0.5) is 0 Å². The fourth-order valence-corrected chi connectivity index (χ4v) is 2.61. The second-order valence-electron chi connectivity index (χ2n) is 6.22. The van der Waals surface area contributed by atoms with Crippen molar-refractivity contribution in [3.63, 3.8) is 0 Å². The largest absolute Gasteiger partial charge is 0.497 e. The van der Waals surface area contributed by atoms with Crippen molar-refractivity contribution < 1.29 is 28.4 Å². The minimum Gasteiger partial charge on any atom is -0.497 e. The predicted octanol–water partition coefficient (Wildman–Crippen LogP) is 4.62. The van der Waals surface area contributed by atoms with Gasteiger partial charge in [-0.15, -0.1) is 0 Å². The zero-order valence-electron chi connectivity index (χ0n) is 17.2. The van der Waals surface area contributed by atoms with Crippen molar-refractivity contribution in [3.8, 4) is 34.5 Å². The number of hydrogen-bond acceptors (Lipinski definition) is 6. The standard InChI is InChI=1S/C24H26O6/c1-25-19-3-7-21(8-4-19)27-15-17-29-23-11-13-24(14-12-23)30-18-16-28-22-9-5-20(26-2)6-10-22/h3-14H,15-18H2,1-2H3. The van der Waals surface area contributed by atoms with Crippen molar-refractivity contribution in [2.45, 2.75) is 0 Å². The van der Waals surface area contributed by atoms with Gasteiger partial charge in [0.15, 0.2) is 0 Å². The summed E-state index contributed by atoms with van der Waals surface area (Å²) in [6.45, 7) is 1.80. The van der Waals surface area contributed by atoms with Gasteiger partial charge >= 0.3 is 0 Å². The van der Waals surface area contributed by atoms with E-state index in [1.807, 2.05) is 72.8 Å². The molecule has 0 bridgehead atoms. The van der Waals surface area contributed by atoms with Crippen LogP contribution in [0.25, 0.3) is 0 Å². The Kier molecular flexibility index (Phi) is 8.09. The average Bonchev–Trinajstić information content (AvgIpc) is 2.81. The van der Waals surface area contributed by atoms with Gasteiger partial charge < -0.3 is 28.4 Å². The molecule has 0 N–H and O–H groups in total. The first-order chi connectivity index (χ1) is 14.8. The van der Waals surface area contributed by atoms with Gasteiger partial charge in [-0.1, -0.05) is 0 Å². The molecule has 158 valence electrons. The van der Waals surface area contributed by atoms with Gasteiger partial charge in [0.25, 0.3) is 0 Å². The van der Waals surface area contributed by atoms with Gasteiger partial charge in [0, 0.05) is 0 Å². The van der Waals surface area contributed by atoms with Crippen molar-refractivity contribution in [1.29, 1.82) is 0 Å². The summed E-state index contributed by atoms with van der Waals surface area (Å²) in [5, 5.41) is 0. The monoisotopic (exact) mass is 410 g/mol. The topological polar surface area (TPSA) is 55.4 Å². The first-order valence-electron chi connectivity index (χ1n) is 9.66. The molecule has 0 fully saturated rings. The Labute approximate surface area is 176 Å². The number of methoxy groups -OCH3 is 2. The first kappa shape index (κ1) is 21.2. The summed E-state index contributed by atoms with van der Waals surface area (Å²) < 4.78 is 32.9. The molecule has 0 aliphatic carbocycles. The second-order valence-corrected chi connectivity index (χ2v) is 6.22. The van der Waals surface area contributed by atoms with Crippen LogP contribution in [0.5, 0.6) is 34.5 Å². The Balaban J connectivity index is 1.31. The van der Waals surface area contributed by atoms with Crippen molar-refractivity contribution in [1.82, 2.24) is 0 Å². The van der Waals surface area contributed by atoms with Crippen molar-refractivity contribution in [3.05, 3.63) is 72.8 Å². The van der Waals surface area contributed by atoms with Crippen LogP contribution < -0.4 is 28.4 Å². The van der Waals surface area contributed by atoms with Gasteiger partial charge in [0.2, 0.25) is 0 Å². The average molecular weight is 410 g/mol. The number of benzene rings is 3. The molecule has 0 spiro atoms. The summed E-state index contributed by atoms with van der Waals surface area (Å²) in [4.78, 5) is 0. The molecule has 0 aromatic heterocycles. The lowest BCUT2D eigenvalue weighted by Gasteiger charge is -2.11. The Hall–Kier alpha value is -3.54. The lowest BCUT2D eigenvalue weighted by Crippen LogP contribution is -2.09. The Morgan fingerprint density at radius 1 is 0.367 bits per heavy atom. The molecule has 0 amide bonds. The molecule has 0 aliphatic rings. The van der Waals surface area contributed by atoms with Gasteiger partial charge in [-0.3, -0.25) is 0 Å². The highest BCUT2D eigenvalue weighted by atomic mass is 16.5. The molecular formula is C24H26O6. The van der Waals surface area contributed by atoms with E-state index in [2.05, 4.69) is 0 Å². The molecule has 0 saturated carbocycles. The zero-order chi connectivity index (χ0) is 21.0. The minimum absolute atomic E-state index is 0.446. The van der Waals surface area contributed by atoms with Crippen molar-refractivity contribution >= 4 is 0 Å². The molecule has 0 aliphatic heterocycles. The van der Waals surface area contributed by atoms with Crippen LogP contribution in [0.1, 0.15) is 0 Å². The fraction of sp³-hybridized carbons (Fsp3) is 0.250. The van der Waals surface area contributed by atoms with Gasteiger partial charge in [-0.05, 0) is 72.8 Å². The SMILES string of the molecule is COc1ccc(OCCOc2ccc(OCCOc3ccc(OC)cc3)cc2)cc1. The molecule has 0 saturated heterocycles. The summed E-state index contributed by atoms with van der Waals surface area (Å²) in [6.07, 6.45) is 0. The maximum Gasteiger partial charge on any atom is 0.122 e. The van der Waals surface area contributed by atoms with E-state index in [0.717, 1.165) is 34.5 Å². The molecule has 3 rings (SSSR count). The smallest absolute Gasteiger partial charge is 0.122 e. The van der Waals surface area contributed by atoms with E-state index in [1.165, 1.54) is 0 Å². The van der Waals surface area contributed by atoms with E-state index in [-0.39, 0.29) is 0 Å². The third-order valence-electron chi connectivity index (χ3n) is 4.18. The molecule has 6 heteroatoms. The third kappa shape index (κ3) is 6.81. The predicted molar refractivity (Wildman–Crippen MR) is 114 cm³/mol. The molecule has 3 aromatic carbocycles. The van der Waals surface area contributed by atoms with Crippen LogP contribution in [0.3, 0.4) is 0 Å². The summed E-state index contributed by atoms with van der Waals surface area (Å²) in [7, 11) is 3.27.